The lowest BCUT2D eigenvalue weighted by molar-refractivity contribution is -0.124. The highest BCUT2D eigenvalue weighted by atomic mass is 32.2. The van der Waals surface area contributed by atoms with Gasteiger partial charge in [0.15, 0.2) is 0 Å². The Labute approximate surface area is 193 Å². The van der Waals surface area contributed by atoms with E-state index in [-0.39, 0.29) is 17.6 Å². The minimum absolute atomic E-state index is 0.0498. The van der Waals surface area contributed by atoms with Crippen molar-refractivity contribution < 1.29 is 14.3 Å². The zero-order chi connectivity index (χ0) is 23.0. The molecule has 3 aliphatic heterocycles. The quantitative estimate of drug-likeness (QED) is 0.649. The molecule has 0 N–H and O–H groups in total. The number of benzene rings is 2. The smallest absolute Gasteiger partial charge is 0.269 e. The summed E-state index contributed by atoms with van der Waals surface area (Å²) < 4.78 is 5.91. The van der Waals surface area contributed by atoms with Crippen molar-refractivity contribution in [2.24, 2.45) is 0 Å². The van der Waals surface area contributed by atoms with Crippen LogP contribution in [0.1, 0.15) is 49.9 Å². The lowest BCUT2D eigenvalue weighted by atomic mass is 9.89. The molecule has 1 fully saturated rings. The summed E-state index contributed by atoms with van der Waals surface area (Å²) in [6, 6.07) is 10.1. The average Bonchev–Trinajstić information content (AvgIpc) is 3.16. The molecule has 5 rings (SSSR count). The van der Waals surface area contributed by atoms with Crippen LogP contribution in [-0.4, -0.2) is 29.7 Å². The summed E-state index contributed by atoms with van der Waals surface area (Å²) in [5.41, 5.74) is 6.25. The first-order valence-corrected chi connectivity index (χ1v) is 12.0. The van der Waals surface area contributed by atoms with E-state index in [1.807, 2.05) is 49.9 Å². The normalized spacial score (nSPS) is 23.1. The summed E-state index contributed by atoms with van der Waals surface area (Å²) >= 11 is 1.42. The molecule has 6 heteroatoms. The van der Waals surface area contributed by atoms with Crippen LogP contribution in [0, 0.1) is 13.8 Å². The van der Waals surface area contributed by atoms with Gasteiger partial charge in [-0.2, -0.15) is 0 Å². The minimum atomic E-state index is -1.13. The fourth-order valence-corrected chi connectivity index (χ4v) is 6.80. The number of amides is 2. The van der Waals surface area contributed by atoms with Crippen LogP contribution < -0.4 is 14.5 Å². The molecule has 0 aliphatic carbocycles. The molecule has 1 saturated heterocycles. The summed E-state index contributed by atoms with van der Waals surface area (Å²) in [7, 11) is 0. The monoisotopic (exact) mass is 448 g/mol. The first-order chi connectivity index (χ1) is 15.1. The van der Waals surface area contributed by atoms with Crippen molar-refractivity contribution in [1.82, 2.24) is 0 Å². The SMILES string of the molecule is CCOc1cc2c3c(c1)[C@@]1(SCC(=O)N1c1cc(C)cc(C)c1)C(=O)N3C(C)(C)C=C2C. The van der Waals surface area contributed by atoms with Gasteiger partial charge in [-0.25, -0.2) is 0 Å². The Kier molecular flexibility index (Phi) is 4.55. The zero-order valence-electron chi connectivity index (χ0n) is 19.4. The van der Waals surface area contributed by atoms with Gasteiger partial charge in [-0.15, -0.1) is 11.8 Å². The first kappa shape index (κ1) is 21.1. The minimum Gasteiger partial charge on any atom is -0.494 e. The maximum absolute atomic E-state index is 14.3. The lowest BCUT2D eigenvalue weighted by Crippen LogP contribution is -2.55. The number of allylic oxidation sites excluding steroid dienone is 1. The van der Waals surface area contributed by atoms with E-state index in [0.717, 1.165) is 45.0 Å². The number of aryl methyl sites for hydroxylation is 2. The van der Waals surface area contributed by atoms with Gasteiger partial charge in [-0.3, -0.25) is 19.4 Å². The van der Waals surface area contributed by atoms with Gasteiger partial charge in [0.05, 0.1) is 23.6 Å². The molecule has 32 heavy (non-hydrogen) atoms. The van der Waals surface area contributed by atoms with Gasteiger partial charge >= 0.3 is 0 Å². The van der Waals surface area contributed by atoms with E-state index in [0.29, 0.717) is 6.61 Å². The predicted molar refractivity (Wildman–Crippen MR) is 130 cm³/mol. The highest BCUT2D eigenvalue weighted by Crippen LogP contribution is 2.60. The van der Waals surface area contributed by atoms with Gasteiger partial charge in [-0.05, 0) is 82.5 Å². The number of ether oxygens (including phenoxy) is 1. The van der Waals surface area contributed by atoms with Crippen molar-refractivity contribution in [3.05, 3.63) is 58.7 Å². The van der Waals surface area contributed by atoms with Crippen LogP contribution in [-0.2, 0) is 14.5 Å². The highest BCUT2D eigenvalue weighted by Gasteiger charge is 2.64. The van der Waals surface area contributed by atoms with E-state index in [1.165, 1.54) is 11.8 Å². The largest absolute Gasteiger partial charge is 0.494 e. The van der Waals surface area contributed by atoms with Crippen molar-refractivity contribution >= 4 is 40.5 Å². The summed E-state index contributed by atoms with van der Waals surface area (Å²) in [4.78, 5) is 30.2. The van der Waals surface area contributed by atoms with Crippen molar-refractivity contribution in [3.63, 3.8) is 0 Å². The molecular weight excluding hydrogens is 420 g/mol. The summed E-state index contributed by atoms with van der Waals surface area (Å²) in [6.07, 6.45) is 2.13. The Morgan fingerprint density at radius 3 is 2.34 bits per heavy atom. The molecule has 0 aromatic heterocycles. The first-order valence-electron chi connectivity index (χ1n) is 11.0. The third-order valence-corrected chi connectivity index (χ3v) is 7.87. The Balaban J connectivity index is 1.83. The van der Waals surface area contributed by atoms with Gasteiger partial charge in [0.25, 0.3) is 5.91 Å². The van der Waals surface area contributed by atoms with Crippen LogP contribution in [0.25, 0.3) is 5.57 Å². The number of hydrogen-bond acceptors (Lipinski definition) is 4. The molecule has 166 valence electrons. The number of carbonyl (C=O) groups is 2. The Bertz CT molecular complexity index is 1200. The van der Waals surface area contributed by atoms with E-state index in [2.05, 4.69) is 32.9 Å². The van der Waals surface area contributed by atoms with E-state index < -0.39 is 10.4 Å². The number of hydrogen-bond donors (Lipinski definition) is 0. The lowest BCUT2D eigenvalue weighted by Gasteiger charge is -2.40. The van der Waals surface area contributed by atoms with Crippen LogP contribution in [0.4, 0.5) is 11.4 Å². The zero-order valence-corrected chi connectivity index (χ0v) is 20.2. The third-order valence-electron chi connectivity index (χ3n) is 6.48. The number of fused-ring (bicyclic) bond motifs is 1. The summed E-state index contributed by atoms with van der Waals surface area (Å²) in [6.45, 7) is 12.7. The van der Waals surface area contributed by atoms with Crippen molar-refractivity contribution in [2.75, 3.05) is 22.2 Å². The summed E-state index contributed by atoms with van der Waals surface area (Å²) in [5, 5.41) is 0. The molecule has 1 atom stereocenters. The Morgan fingerprint density at radius 2 is 1.69 bits per heavy atom. The molecule has 0 saturated carbocycles. The van der Waals surface area contributed by atoms with E-state index in [4.69, 9.17) is 4.74 Å². The third kappa shape index (κ3) is 2.71. The highest BCUT2D eigenvalue weighted by molar-refractivity contribution is 8.02. The van der Waals surface area contributed by atoms with Crippen LogP contribution in [0.5, 0.6) is 5.75 Å². The summed E-state index contributed by atoms with van der Waals surface area (Å²) in [5.74, 6) is 0.869. The van der Waals surface area contributed by atoms with Gasteiger partial charge in [-0.1, -0.05) is 12.1 Å². The number of thioether (sulfide) groups is 1. The second-order valence-electron chi connectivity index (χ2n) is 9.43. The molecule has 3 aliphatic rings. The molecule has 2 aromatic rings. The Hall–Kier alpha value is -2.73. The topological polar surface area (TPSA) is 49.9 Å². The molecular formula is C26H28N2O3S. The molecule has 2 amide bonds. The Morgan fingerprint density at radius 1 is 1.00 bits per heavy atom. The molecule has 5 nitrogen and oxygen atoms in total. The fourth-order valence-electron chi connectivity index (χ4n) is 5.48. The molecule has 1 spiro atoms. The standard InChI is InChI=1S/C26H28N2O3S/c1-7-31-19-11-20-17(4)13-25(5,6)28-23(20)21(12-19)26(24(28)30)27(22(29)14-32-26)18-9-15(2)8-16(3)10-18/h8-13H,7,14H2,1-6H3/t26-/m1/s1. The van der Waals surface area contributed by atoms with Crippen LogP contribution in [0.15, 0.2) is 36.4 Å². The maximum Gasteiger partial charge on any atom is 0.269 e. The van der Waals surface area contributed by atoms with Crippen molar-refractivity contribution in [3.8, 4) is 5.75 Å². The van der Waals surface area contributed by atoms with Crippen molar-refractivity contribution in [2.45, 2.75) is 52.0 Å². The van der Waals surface area contributed by atoms with Gasteiger partial charge in [0.1, 0.15) is 5.75 Å². The van der Waals surface area contributed by atoms with E-state index in [9.17, 15) is 9.59 Å². The number of carbonyl (C=O) groups excluding carboxylic acids is 2. The second-order valence-corrected chi connectivity index (χ2v) is 10.6. The molecule has 0 radical (unpaired) electrons. The molecule has 0 unspecified atom stereocenters. The predicted octanol–water partition coefficient (Wildman–Crippen LogP) is 5.18. The van der Waals surface area contributed by atoms with Crippen LogP contribution in [0.3, 0.4) is 0 Å². The number of anilines is 2. The van der Waals surface area contributed by atoms with E-state index >= 15 is 0 Å². The fraction of sp³-hybridized carbons (Fsp3) is 0.385. The van der Waals surface area contributed by atoms with Gasteiger partial charge in [0.2, 0.25) is 10.8 Å². The molecule has 2 aromatic carbocycles. The van der Waals surface area contributed by atoms with Crippen LogP contribution >= 0.6 is 11.8 Å². The number of nitrogens with zero attached hydrogens (tertiary/aromatic N) is 2. The molecule has 3 heterocycles. The van der Waals surface area contributed by atoms with Crippen molar-refractivity contribution in [1.29, 1.82) is 0 Å². The van der Waals surface area contributed by atoms with Gasteiger partial charge < -0.3 is 4.74 Å². The van der Waals surface area contributed by atoms with Crippen LogP contribution in [0.2, 0.25) is 0 Å². The average molecular weight is 449 g/mol. The number of rotatable bonds is 3. The van der Waals surface area contributed by atoms with E-state index in [1.54, 1.807) is 4.90 Å². The maximum atomic E-state index is 14.3. The van der Waals surface area contributed by atoms with Gasteiger partial charge in [0, 0.05) is 16.8 Å². The second kappa shape index (κ2) is 6.88. The molecule has 0 bridgehead atoms.